The van der Waals surface area contributed by atoms with Crippen molar-refractivity contribution in [1.29, 1.82) is 0 Å². The maximum absolute atomic E-state index is 11.8. The van der Waals surface area contributed by atoms with Gasteiger partial charge in [0.05, 0.1) is 11.0 Å². The summed E-state index contributed by atoms with van der Waals surface area (Å²) < 4.78 is 14.0. The Morgan fingerprint density at radius 3 is 2.93 bits per heavy atom. The van der Waals surface area contributed by atoms with Crippen LogP contribution in [0.2, 0.25) is 0 Å². The lowest BCUT2D eigenvalue weighted by Gasteiger charge is -2.22. The van der Waals surface area contributed by atoms with Crippen molar-refractivity contribution < 1.29 is 4.21 Å². The van der Waals surface area contributed by atoms with Crippen LogP contribution in [-0.4, -0.2) is 39.4 Å². The summed E-state index contributed by atoms with van der Waals surface area (Å²) in [5, 5.41) is 3.60. The molecule has 2 aliphatic heterocycles. The highest BCUT2D eigenvalue weighted by Crippen LogP contribution is 2.21. The first kappa shape index (κ1) is 10.6. The highest BCUT2D eigenvalue weighted by molar-refractivity contribution is 7.82. The molecule has 0 aromatic carbocycles. The zero-order chi connectivity index (χ0) is 9.97. The van der Waals surface area contributed by atoms with E-state index in [-0.39, 0.29) is 0 Å². The molecule has 0 saturated carbocycles. The van der Waals surface area contributed by atoms with Gasteiger partial charge in [0.2, 0.25) is 0 Å². The van der Waals surface area contributed by atoms with Crippen LogP contribution in [0.4, 0.5) is 0 Å². The first-order valence-electron chi connectivity index (χ1n) is 5.69. The molecule has 0 aromatic rings. The molecular formula is C10H20N2OS. The van der Waals surface area contributed by atoms with Gasteiger partial charge in [-0.3, -0.25) is 0 Å². The molecule has 4 heteroatoms. The van der Waals surface area contributed by atoms with Crippen molar-refractivity contribution >= 4 is 11.0 Å². The van der Waals surface area contributed by atoms with Gasteiger partial charge >= 0.3 is 0 Å². The molecule has 82 valence electrons. The summed E-state index contributed by atoms with van der Waals surface area (Å²) in [6, 6.07) is 1.30. The lowest BCUT2D eigenvalue weighted by atomic mass is 10.1. The second-order valence-electron chi connectivity index (χ2n) is 4.34. The van der Waals surface area contributed by atoms with Gasteiger partial charge < -0.3 is 5.32 Å². The molecule has 2 bridgehead atoms. The van der Waals surface area contributed by atoms with Crippen LogP contribution in [0.1, 0.15) is 32.6 Å². The van der Waals surface area contributed by atoms with E-state index in [4.69, 9.17) is 0 Å². The number of rotatable bonds is 3. The van der Waals surface area contributed by atoms with Crippen LogP contribution in [0.25, 0.3) is 0 Å². The molecule has 1 N–H and O–H groups in total. The van der Waals surface area contributed by atoms with E-state index in [1.54, 1.807) is 0 Å². The van der Waals surface area contributed by atoms with Crippen LogP contribution >= 0.6 is 0 Å². The standard InChI is InChI=1S/C10H20N2OS/c1-2-7-14(13)12-6-5-9-3-4-10(8-12)11-9/h9-11H,2-8H2,1H3. The molecule has 0 amide bonds. The maximum Gasteiger partial charge on any atom is 0.0942 e. The van der Waals surface area contributed by atoms with E-state index in [0.29, 0.717) is 12.1 Å². The van der Waals surface area contributed by atoms with E-state index < -0.39 is 11.0 Å². The topological polar surface area (TPSA) is 32.3 Å². The molecule has 2 saturated heterocycles. The second kappa shape index (κ2) is 4.73. The molecule has 14 heavy (non-hydrogen) atoms. The molecule has 3 atom stereocenters. The fourth-order valence-corrected chi connectivity index (χ4v) is 3.66. The second-order valence-corrected chi connectivity index (χ2v) is 5.91. The summed E-state index contributed by atoms with van der Waals surface area (Å²) in [4.78, 5) is 0. The minimum Gasteiger partial charge on any atom is -0.310 e. The Kier molecular flexibility index (Phi) is 3.57. The molecule has 0 radical (unpaired) electrons. The van der Waals surface area contributed by atoms with E-state index in [1.807, 2.05) is 0 Å². The number of nitrogens with one attached hydrogen (secondary N) is 1. The monoisotopic (exact) mass is 216 g/mol. The van der Waals surface area contributed by atoms with Crippen molar-refractivity contribution in [3.05, 3.63) is 0 Å². The van der Waals surface area contributed by atoms with Gasteiger partial charge in [-0.05, 0) is 25.7 Å². The first-order chi connectivity index (χ1) is 6.79. The van der Waals surface area contributed by atoms with Gasteiger partial charge in [-0.15, -0.1) is 0 Å². The molecule has 0 aromatic heterocycles. The third kappa shape index (κ3) is 2.35. The molecule has 0 spiro atoms. The molecule has 2 rings (SSSR count). The average molecular weight is 216 g/mol. The quantitative estimate of drug-likeness (QED) is 0.760. The van der Waals surface area contributed by atoms with E-state index in [0.717, 1.165) is 25.3 Å². The van der Waals surface area contributed by atoms with Crippen LogP contribution < -0.4 is 5.32 Å². The Balaban J connectivity index is 1.91. The Morgan fingerprint density at radius 2 is 2.14 bits per heavy atom. The van der Waals surface area contributed by atoms with E-state index in [9.17, 15) is 4.21 Å². The molecule has 0 aliphatic carbocycles. The predicted octanol–water partition coefficient (Wildman–Crippen LogP) is 0.886. The van der Waals surface area contributed by atoms with Gasteiger partial charge in [-0.2, -0.15) is 0 Å². The van der Waals surface area contributed by atoms with E-state index in [2.05, 4.69) is 16.5 Å². The highest BCUT2D eigenvalue weighted by atomic mass is 32.2. The summed E-state index contributed by atoms with van der Waals surface area (Å²) in [5.41, 5.74) is 0. The highest BCUT2D eigenvalue weighted by Gasteiger charge is 2.30. The lowest BCUT2D eigenvalue weighted by molar-refractivity contribution is 0.407. The van der Waals surface area contributed by atoms with Crippen LogP contribution in [0.5, 0.6) is 0 Å². The van der Waals surface area contributed by atoms with E-state index >= 15 is 0 Å². The summed E-state index contributed by atoms with van der Waals surface area (Å²) in [6.45, 7) is 4.10. The fraction of sp³-hybridized carbons (Fsp3) is 1.00. The Hall–Kier alpha value is 0.0700. The third-order valence-corrected chi connectivity index (χ3v) is 4.82. The SMILES string of the molecule is CCCS(=O)N1CCC2CCC(C1)N2. The van der Waals surface area contributed by atoms with Crippen LogP contribution in [0.3, 0.4) is 0 Å². The zero-order valence-corrected chi connectivity index (χ0v) is 9.68. The van der Waals surface area contributed by atoms with Gasteiger partial charge in [-0.25, -0.2) is 8.51 Å². The van der Waals surface area contributed by atoms with Crippen LogP contribution in [-0.2, 0) is 11.0 Å². The summed E-state index contributed by atoms with van der Waals surface area (Å²) >= 11 is 0. The Morgan fingerprint density at radius 1 is 1.36 bits per heavy atom. The van der Waals surface area contributed by atoms with Gasteiger partial charge in [0.15, 0.2) is 0 Å². The first-order valence-corrected chi connectivity index (χ1v) is 6.96. The summed E-state index contributed by atoms with van der Waals surface area (Å²) in [5.74, 6) is 0.831. The Labute approximate surface area is 88.8 Å². The largest absolute Gasteiger partial charge is 0.310 e. The fourth-order valence-electron chi connectivity index (χ4n) is 2.40. The van der Waals surface area contributed by atoms with Gasteiger partial charge in [0, 0.05) is 30.9 Å². The zero-order valence-electron chi connectivity index (χ0n) is 8.87. The number of hydrogen-bond acceptors (Lipinski definition) is 2. The number of nitrogens with zero attached hydrogens (tertiary/aromatic N) is 1. The smallest absolute Gasteiger partial charge is 0.0942 e. The van der Waals surface area contributed by atoms with Gasteiger partial charge in [0.1, 0.15) is 0 Å². The predicted molar refractivity (Wildman–Crippen MR) is 59.4 cm³/mol. The van der Waals surface area contributed by atoms with Crippen molar-refractivity contribution in [2.75, 3.05) is 18.8 Å². The minimum atomic E-state index is -0.726. The molecule has 2 aliphatic rings. The van der Waals surface area contributed by atoms with Crippen molar-refractivity contribution in [2.24, 2.45) is 0 Å². The van der Waals surface area contributed by atoms with Gasteiger partial charge in [-0.1, -0.05) is 6.92 Å². The third-order valence-electron chi connectivity index (χ3n) is 3.15. The normalized spacial score (nSPS) is 35.5. The average Bonchev–Trinajstić information content (AvgIpc) is 2.46. The van der Waals surface area contributed by atoms with Crippen LogP contribution in [0.15, 0.2) is 0 Å². The van der Waals surface area contributed by atoms with Crippen molar-refractivity contribution in [3.8, 4) is 0 Å². The molecule has 2 fully saturated rings. The lowest BCUT2D eigenvalue weighted by Crippen LogP contribution is -2.37. The maximum atomic E-state index is 11.8. The summed E-state index contributed by atoms with van der Waals surface area (Å²) in [7, 11) is -0.726. The number of hydrogen-bond donors (Lipinski definition) is 1. The molecule has 3 unspecified atom stereocenters. The van der Waals surface area contributed by atoms with Crippen LogP contribution in [0, 0.1) is 0 Å². The Bertz CT molecular complexity index is 222. The molecule has 3 nitrogen and oxygen atoms in total. The van der Waals surface area contributed by atoms with E-state index in [1.165, 1.54) is 19.3 Å². The molecule has 2 heterocycles. The minimum absolute atomic E-state index is 0.600. The van der Waals surface area contributed by atoms with Crippen molar-refractivity contribution in [3.63, 3.8) is 0 Å². The summed E-state index contributed by atoms with van der Waals surface area (Å²) in [6.07, 6.45) is 4.78. The van der Waals surface area contributed by atoms with Crippen molar-refractivity contribution in [2.45, 2.75) is 44.7 Å². The van der Waals surface area contributed by atoms with Crippen molar-refractivity contribution in [1.82, 2.24) is 9.62 Å². The van der Waals surface area contributed by atoms with Gasteiger partial charge in [0.25, 0.3) is 0 Å². The molecular weight excluding hydrogens is 196 g/mol. The number of fused-ring (bicyclic) bond motifs is 2.